The molecular weight excluding hydrogens is 361 g/mol. The summed E-state index contributed by atoms with van der Waals surface area (Å²) in [6.07, 6.45) is -0.790. The fraction of sp³-hybridized carbons (Fsp3) is 0.400. The van der Waals surface area contributed by atoms with E-state index in [0.717, 1.165) is 29.5 Å². The van der Waals surface area contributed by atoms with E-state index in [9.17, 15) is 13.2 Å². The quantitative estimate of drug-likeness (QED) is 0.400. The fourth-order valence-electron chi connectivity index (χ4n) is 2.89. The molecule has 0 aliphatic rings. The Morgan fingerprint density at radius 3 is 2.58 bits per heavy atom. The number of fused-ring (bicyclic) bond motifs is 1. The Balaban J connectivity index is 1.99. The van der Waals surface area contributed by atoms with Crippen LogP contribution in [0.2, 0.25) is 0 Å². The van der Waals surface area contributed by atoms with Crippen LogP contribution < -0.4 is 4.74 Å². The lowest BCUT2D eigenvalue weighted by Crippen LogP contribution is -2.04. The van der Waals surface area contributed by atoms with Crippen molar-refractivity contribution in [3.8, 4) is 16.4 Å². The summed E-state index contributed by atoms with van der Waals surface area (Å²) in [5.41, 5.74) is -0.0851. The van der Waals surface area contributed by atoms with Gasteiger partial charge in [0.2, 0.25) is 0 Å². The molecule has 0 atom stereocenters. The minimum absolute atomic E-state index is 0.151. The number of hydrogen-bond donors (Lipinski definition) is 0. The zero-order valence-corrected chi connectivity index (χ0v) is 15.6. The summed E-state index contributed by atoms with van der Waals surface area (Å²) >= 11 is 1.17. The van der Waals surface area contributed by atoms with Gasteiger partial charge in [0.25, 0.3) is 0 Å². The highest BCUT2D eigenvalue weighted by molar-refractivity contribution is 7.15. The smallest absolute Gasteiger partial charge is 0.417 e. The van der Waals surface area contributed by atoms with Gasteiger partial charge in [-0.05, 0) is 44.0 Å². The maximum atomic E-state index is 13.5. The van der Waals surface area contributed by atoms with Crippen LogP contribution in [-0.2, 0) is 12.6 Å². The van der Waals surface area contributed by atoms with Gasteiger partial charge in [-0.1, -0.05) is 19.8 Å². The van der Waals surface area contributed by atoms with Crippen LogP contribution in [-0.4, -0.2) is 6.61 Å². The van der Waals surface area contributed by atoms with E-state index in [1.165, 1.54) is 17.4 Å². The summed E-state index contributed by atoms with van der Waals surface area (Å²) in [7, 11) is 0. The normalized spacial score (nSPS) is 12.0. The van der Waals surface area contributed by atoms with Crippen LogP contribution in [0.1, 0.15) is 43.6 Å². The van der Waals surface area contributed by atoms with Gasteiger partial charge in [0, 0.05) is 16.3 Å². The largest absolute Gasteiger partial charge is 0.494 e. The SMILES string of the molecule is CCCCCc1cc(C(F)(F)F)c(-c2cc3ccc(OCC)cc3o2)s1. The number of thiophene rings is 1. The zero-order valence-electron chi connectivity index (χ0n) is 14.8. The second-order valence-electron chi connectivity index (χ2n) is 6.15. The van der Waals surface area contributed by atoms with Crippen LogP contribution in [0.25, 0.3) is 21.6 Å². The third kappa shape index (κ3) is 4.06. The number of hydrogen-bond acceptors (Lipinski definition) is 3. The number of aryl methyl sites for hydroxylation is 1. The number of furan rings is 1. The summed E-state index contributed by atoms with van der Waals surface area (Å²) in [6, 6.07) is 8.25. The first-order chi connectivity index (χ1) is 12.4. The second-order valence-corrected chi connectivity index (χ2v) is 7.29. The molecular formula is C20H21F3O2S. The molecule has 0 bridgehead atoms. The van der Waals surface area contributed by atoms with Crippen molar-refractivity contribution in [1.29, 1.82) is 0 Å². The van der Waals surface area contributed by atoms with Crippen LogP contribution in [0.3, 0.4) is 0 Å². The van der Waals surface area contributed by atoms with Gasteiger partial charge in [0.05, 0.1) is 17.0 Å². The van der Waals surface area contributed by atoms with Crippen molar-refractivity contribution in [3.63, 3.8) is 0 Å². The monoisotopic (exact) mass is 382 g/mol. The van der Waals surface area contributed by atoms with Crippen LogP contribution in [0.15, 0.2) is 34.7 Å². The van der Waals surface area contributed by atoms with Crippen molar-refractivity contribution in [2.45, 2.75) is 45.7 Å². The molecule has 0 radical (unpaired) electrons. The van der Waals surface area contributed by atoms with Gasteiger partial charge in [0.15, 0.2) is 0 Å². The predicted octanol–water partition coefficient (Wildman–Crippen LogP) is 7.31. The molecule has 0 unspecified atom stereocenters. The Kier molecular flexibility index (Phi) is 5.61. The van der Waals surface area contributed by atoms with Crippen LogP contribution >= 0.6 is 11.3 Å². The molecule has 6 heteroatoms. The highest BCUT2D eigenvalue weighted by Gasteiger charge is 2.36. The summed E-state index contributed by atoms with van der Waals surface area (Å²) in [6.45, 7) is 4.47. The topological polar surface area (TPSA) is 22.4 Å². The van der Waals surface area contributed by atoms with Crippen LogP contribution in [0.5, 0.6) is 5.75 Å². The second kappa shape index (κ2) is 7.74. The first-order valence-corrected chi connectivity index (χ1v) is 9.60. The molecule has 2 aromatic heterocycles. The molecule has 3 aromatic rings. The summed E-state index contributed by atoms with van der Waals surface area (Å²) in [5, 5.41) is 0.762. The average molecular weight is 382 g/mol. The molecule has 0 aliphatic carbocycles. The van der Waals surface area contributed by atoms with Gasteiger partial charge in [0.1, 0.15) is 17.1 Å². The van der Waals surface area contributed by atoms with Gasteiger partial charge in [-0.3, -0.25) is 0 Å². The third-order valence-corrected chi connectivity index (χ3v) is 5.35. The van der Waals surface area contributed by atoms with Crippen molar-refractivity contribution in [3.05, 3.63) is 40.8 Å². The van der Waals surface area contributed by atoms with E-state index in [1.807, 2.05) is 6.92 Å². The molecule has 2 heterocycles. The van der Waals surface area contributed by atoms with E-state index in [4.69, 9.17) is 9.15 Å². The van der Waals surface area contributed by atoms with Crippen LogP contribution in [0.4, 0.5) is 13.2 Å². The molecule has 0 saturated heterocycles. The Labute approximate surface area is 154 Å². The van der Waals surface area contributed by atoms with E-state index in [1.54, 1.807) is 24.3 Å². The Morgan fingerprint density at radius 2 is 1.88 bits per heavy atom. The van der Waals surface area contributed by atoms with Crippen molar-refractivity contribution in [2.75, 3.05) is 6.61 Å². The third-order valence-electron chi connectivity index (χ3n) is 4.14. The van der Waals surface area contributed by atoms with Crippen LogP contribution in [0, 0.1) is 0 Å². The van der Waals surface area contributed by atoms with Gasteiger partial charge in [-0.25, -0.2) is 0 Å². The van der Waals surface area contributed by atoms with Crippen molar-refractivity contribution in [2.24, 2.45) is 0 Å². The molecule has 0 amide bonds. The summed E-state index contributed by atoms with van der Waals surface area (Å²) in [5.74, 6) is 0.899. The molecule has 2 nitrogen and oxygen atoms in total. The summed E-state index contributed by atoms with van der Waals surface area (Å²) in [4.78, 5) is 0.898. The number of rotatable bonds is 7. The van der Waals surface area contributed by atoms with Crippen molar-refractivity contribution < 1.29 is 22.3 Å². The molecule has 26 heavy (non-hydrogen) atoms. The molecule has 0 fully saturated rings. The number of ether oxygens (including phenoxy) is 1. The highest BCUT2D eigenvalue weighted by Crippen LogP contribution is 2.44. The lowest BCUT2D eigenvalue weighted by Gasteiger charge is -2.05. The Bertz CT molecular complexity index is 877. The van der Waals surface area contributed by atoms with Gasteiger partial charge in [-0.2, -0.15) is 13.2 Å². The molecule has 140 valence electrons. The number of alkyl halides is 3. The van der Waals surface area contributed by atoms with E-state index in [-0.39, 0.29) is 10.6 Å². The minimum atomic E-state index is -4.40. The van der Waals surface area contributed by atoms with Gasteiger partial charge in [-0.15, -0.1) is 11.3 Å². The Morgan fingerprint density at radius 1 is 1.08 bits per heavy atom. The first kappa shape index (κ1) is 18.8. The predicted molar refractivity (Wildman–Crippen MR) is 98.9 cm³/mol. The molecule has 0 N–H and O–H groups in total. The van der Waals surface area contributed by atoms with E-state index < -0.39 is 11.7 Å². The highest BCUT2D eigenvalue weighted by atomic mass is 32.1. The maximum Gasteiger partial charge on any atom is 0.417 e. The van der Waals surface area contributed by atoms with Gasteiger partial charge < -0.3 is 9.15 Å². The van der Waals surface area contributed by atoms with Crippen molar-refractivity contribution >= 4 is 22.3 Å². The van der Waals surface area contributed by atoms with Crippen molar-refractivity contribution in [1.82, 2.24) is 0 Å². The number of halogens is 3. The summed E-state index contributed by atoms with van der Waals surface area (Å²) < 4.78 is 51.7. The first-order valence-electron chi connectivity index (χ1n) is 8.79. The fourth-order valence-corrected chi connectivity index (χ4v) is 4.06. The molecule has 3 rings (SSSR count). The standard InChI is InChI=1S/C20H21F3O2S/c1-3-5-6-7-15-12-16(20(21,22)23)19(26-15)18-10-13-8-9-14(24-4-2)11-17(13)25-18/h8-12H,3-7H2,1-2H3. The lowest BCUT2D eigenvalue weighted by molar-refractivity contribution is -0.136. The van der Waals surface area contributed by atoms with E-state index >= 15 is 0 Å². The number of benzene rings is 1. The Hall–Kier alpha value is -1.95. The lowest BCUT2D eigenvalue weighted by atomic mass is 10.1. The van der Waals surface area contributed by atoms with E-state index in [2.05, 4.69) is 6.92 Å². The molecule has 0 spiro atoms. The number of unbranched alkanes of at least 4 members (excludes halogenated alkanes) is 2. The molecule has 0 saturated carbocycles. The van der Waals surface area contributed by atoms with Gasteiger partial charge >= 0.3 is 6.18 Å². The van der Waals surface area contributed by atoms with E-state index in [0.29, 0.717) is 24.4 Å². The zero-order chi connectivity index (χ0) is 18.7. The molecule has 0 aliphatic heterocycles. The maximum absolute atomic E-state index is 13.5. The minimum Gasteiger partial charge on any atom is -0.494 e. The molecule has 1 aromatic carbocycles. The average Bonchev–Trinajstić information content (AvgIpc) is 3.18.